The molecule has 0 aliphatic carbocycles. The fraction of sp³-hybridized carbons (Fsp3) is 0.154. The van der Waals surface area contributed by atoms with Gasteiger partial charge in [-0.25, -0.2) is 9.82 Å². The number of rotatable bonds is 10. The SMILES string of the molecule is CCOc1ccc(NC(=O)COc2c(/C=N\NC(=O)C(=O)Nc3ccccc3F)cccc2OC)cc1. The number of carbonyl (C=O) groups excluding carboxylic acids is 3. The first-order chi connectivity index (χ1) is 17.9. The van der Waals surface area contributed by atoms with E-state index in [0.717, 1.165) is 6.07 Å². The number of carbonyl (C=O) groups is 3. The number of hydrogen-bond donors (Lipinski definition) is 3. The number of hydrogen-bond acceptors (Lipinski definition) is 7. The minimum Gasteiger partial charge on any atom is -0.494 e. The lowest BCUT2D eigenvalue weighted by Gasteiger charge is -2.13. The summed E-state index contributed by atoms with van der Waals surface area (Å²) < 4.78 is 30.0. The zero-order valence-electron chi connectivity index (χ0n) is 20.1. The molecule has 3 aromatic carbocycles. The second-order valence-corrected chi connectivity index (χ2v) is 7.31. The van der Waals surface area contributed by atoms with Crippen LogP contribution in [0.1, 0.15) is 12.5 Å². The summed E-state index contributed by atoms with van der Waals surface area (Å²) in [5, 5.41) is 8.62. The van der Waals surface area contributed by atoms with Crippen molar-refractivity contribution < 1.29 is 33.0 Å². The molecule has 37 heavy (non-hydrogen) atoms. The van der Waals surface area contributed by atoms with E-state index in [9.17, 15) is 18.8 Å². The fourth-order valence-electron chi connectivity index (χ4n) is 3.04. The van der Waals surface area contributed by atoms with Crippen LogP contribution in [-0.2, 0) is 14.4 Å². The molecule has 3 rings (SSSR count). The Morgan fingerprint density at radius 3 is 2.38 bits per heavy atom. The summed E-state index contributed by atoms with van der Waals surface area (Å²) in [4.78, 5) is 36.4. The molecule has 3 aromatic rings. The summed E-state index contributed by atoms with van der Waals surface area (Å²) in [6.45, 7) is 2.07. The van der Waals surface area contributed by atoms with Crippen molar-refractivity contribution in [1.82, 2.24) is 5.43 Å². The number of benzene rings is 3. The van der Waals surface area contributed by atoms with Gasteiger partial charge in [0.2, 0.25) is 0 Å². The van der Waals surface area contributed by atoms with Crippen LogP contribution in [0, 0.1) is 5.82 Å². The average molecular weight is 509 g/mol. The molecule has 0 fully saturated rings. The van der Waals surface area contributed by atoms with E-state index in [2.05, 4.69) is 21.2 Å². The van der Waals surface area contributed by atoms with Gasteiger partial charge >= 0.3 is 11.8 Å². The molecular weight excluding hydrogens is 483 g/mol. The van der Waals surface area contributed by atoms with Crippen LogP contribution >= 0.6 is 0 Å². The Hall–Kier alpha value is -4.93. The highest BCUT2D eigenvalue weighted by atomic mass is 19.1. The molecule has 10 nitrogen and oxygen atoms in total. The van der Waals surface area contributed by atoms with Gasteiger partial charge in [0, 0.05) is 11.3 Å². The van der Waals surface area contributed by atoms with Crippen molar-refractivity contribution in [3.8, 4) is 17.2 Å². The molecule has 0 aliphatic rings. The van der Waals surface area contributed by atoms with E-state index in [-0.39, 0.29) is 18.0 Å². The molecule has 0 atom stereocenters. The summed E-state index contributed by atoms with van der Waals surface area (Å²) in [7, 11) is 1.43. The van der Waals surface area contributed by atoms with Crippen molar-refractivity contribution in [3.63, 3.8) is 0 Å². The van der Waals surface area contributed by atoms with Crippen LogP contribution in [0.2, 0.25) is 0 Å². The molecule has 0 spiro atoms. The minimum atomic E-state index is -1.11. The predicted octanol–water partition coefficient (Wildman–Crippen LogP) is 3.34. The number of ether oxygens (including phenoxy) is 3. The molecule has 0 saturated heterocycles. The second-order valence-electron chi connectivity index (χ2n) is 7.31. The average Bonchev–Trinajstić information content (AvgIpc) is 2.90. The first-order valence-electron chi connectivity index (χ1n) is 11.1. The normalized spacial score (nSPS) is 10.5. The van der Waals surface area contributed by atoms with E-state index in [1.165, 1.54) is 31.5 Å². The number of methoxy groups -OCH3 is 1. The van der Waals surface area contributed by atoms with Gasteiger partial charge in [-0.2, -0.15) is 5.10 Å². The van der Waals surface area contributed by atoms with Crippen LogP contribution in [0.3, 0.4) is 0 Å². The number of halogens is 1. The standard InChI is InChI=1S/C26H25FN4O6/c1-3-36-19-13-11-18(12-14-19)29-23(32)16-37-24-17(7-6-10-22(24)35-2)15-28-31-26(34)25(33)30-21-9-5-4-8-20(21)27/h4-15H,3,16H2,1-2H3,(H,29,32)(H,30,33)(H,31,34)/b28-15-. The monoisotopic (exact) mass is 508 g/mol. The number of anilines is 2. The summed E-state index contributed by atoms with van der Waals surface area (Å²) in [6, 6.07) is 17.2. The van der Waals surface area contributed by atoms with Crippen molar-refractivity contribution in [2.24, 2.45) is 5.10 Å². The van der Waals surface area contributed by atoms with Gasteiger partial charge in [0.15, 0.2) is 18.1 Å². The number of nitrogens with zero attached hydrogens (tertiary/aromatic N) is 1. The molecular formula is C26H25FN4O6. The summed E-state index contributed by atoms with van der Waals surface area (Å²) in [6.07, 6.45) is 1.22. The second kappa shape index (κ2) is 13.2. The Morgan fingerprint density at radius 1 is 0.919 bits per heavy atom. The van der Waals surface area contributed by atoms with Gasteiger partial charge in [-0.1, -0.05) is 18.2 Å². The molecule has 0 aromatic heterocycles. The molecule has 11 heteroatoms. The van der Waals surface area contributed by atoms with E-state index in [0.29, 0.717) is 29.4 Å². The number of amides is 3. The fourth-order valence-corrected chi connectivity index (χ4v) is 3.04. The van der Waals surface area contributed by atoms with Crippen LogP contribution in [-0.4, -0.2) is 44.3 Å². The number of hydrazone groups is 1. The Labute approximate surface area is 212 Å². The summed E-state index contributed by atoms with van der Waals surface area (Å²) in [5.74, 6) is -2.11. The first kappa shape index (κ1) is 26.7. The minimum absolute atomic E-state index is 0.140. The van der Waals surface area contributed by atoms with Crippen LogP contribution in [0.15, 0.2) is 71.8 Å². The van der Waals surface area contributed by atoms with Gasteiger partial charge < -0.3 is 24.8 Å². The Kier molecular flexibility index (Phi) is 9.54. The number of nitrogens with one attached hydrogen (secondary N) is 3. The van der Waals surface area contributed by atoms with E-state index in [1.807, 2.05) is 6.92 Å². The van der Waals surface area contributed by atoms with Gasteiger partial charge in [0.25, 0.3) is 5.91 Å². The molecule has 0 heterocycles. The first-order valence-corrected chi connectivity index (χ1v) is 11.1. The maximum atomic E-state index is 13.7. The van der Waals surface area contributed by atoms with Crippen LogP contribution in [0.5, 0.6) is 17.2 Å². The van der Waals surface area contributed by atoms with Crippen molar-refractivity contribution >= 4 is 35.3 Å². The third-order valence-corrected chi connectivity index (χ3v) is 4.72. The van der Waals surface area contributed by atoms with Gasteiger partial charge in [0.05, 0.1) is 25.6 Å². The maximum absolute atomic E-state index is 13.7. The molecule has 0 unspecified atom stereocenters. The van der Waals surface area contributed by atoms with Gasteiger partial charge in [-0.05, 0) is 55.5 Å². The van der Waals surface area contributed by atoms with Crippen molar-refractivity contribution in [3.05, 3.63) is 78.1 Å². The number of para-hydroxylation sites is 2. The van der Waals surface area contributed by atoms with Crippen LogP contribution < -0.4 is 30.3 Å². The van der Waals surface area contributed by atoms with E-state index in [1.54, 1.807) is 42.5 Å². The molecule has 0 saturated carbocycles. The zero-order valence-corrected chi connectivity index (χ0v) is 20.1. The highest BCUT2D eigenvalue weighted by molar-refractivity contribution is 6.39. The van der Waals surface area contributed by atoms with Gasteiger partial charge in [-0.15, -0.1) is 0 Å². The molecule has 0 bridgehead atoms. The van der Waals surface area contributed by atoms with Gasteiger partial charge in [-0.3, -0.25) is 14.4 Å². The summed E-state index contributed by atoms with van der Waals surface area (Å²) >= 11 is 0. The van der Waals surface area contributed by atoms with Crippen molar-refractivity contribution in [2.45, 2.75) is 6.92 Å². The lowest BCUT2D eigenvalue weighted by molar-refractivity contribution is -0.136. The van der Waals surface area contributed by atoms with E-state index >= 15 is 0 Å². The Balaban J connectivity index is 1.60. The lowest BCUT2D eigenvalue weighted by atomic mass is 10.2. The van der Waals surface area contributed by atoms with Crippen LogP contribution in [0.4, 0.5) is 15.8 Å². The third kappa shape index (κ3) is 7.79. The predicted molar refractivity (Wildman–Crippen MR) is 135 cm³/mol. The topological polar surface area (TPSA) is 127 Å². The quantitative estimate of drug-likeness (QED) is 0.219. The Morgan fingerprint density at radius 2 is 1.68 bits per heavy atom. The van der Waals surface area contributed by atoms with E-state index < -0.39 is 23.5 Å². The van der Waals surface area contributed by atoms with E-state index in [4.69, 9.17) is 14.2 Å². The smallest absolute Gasteiger partial charge is 0.329 e. The molecule has 0 radical (unpaired) electrons. The Bertz CT molecular complexity index is 1280. The third-order valence-electron chi connectivity index (χ3n) is 4.72. The van der Waals surface area contributed by atoms with Crippen LogP contribution in [0.25, 0.3) is 0 Å². The highest BCUT2D eigenvalue weighted by Crippen LogP contribution is 2.30. The van der Waals surface area contributed by atoms with Crippen molar-refractivity contribution in [1.29, 1.82) is 0 Å². The molecule has 0 aliphatic heterocycles. The highest BCUT2D eigenvalue weighted by Gasteiger charge is 2.16. The van der Waals surface area contributed by atoms with Gasteiger partial charge in [0.1, 0.15) is 11.6 Å². The zero-order chi connectivity index (χ0) is 26.6. The maximum Gasteiger partial charge on any atom is 0.329 e. The molecule has 3 N–H and O–H groups in total. The molecule has 3 amide bonds. The van der Waals surface area contributed by atoms with Crippen molar-refractivity contribution in [2.75, 3.05) is 31.0 Å². The lowest BCUT2D eigenvalue weighted by Crippen LogP contribution is -2.32. The summed E-state index contributed by atoms with van der Waals surface area (Å²) in [5.41, 5.74) is 2.85. The molecule has 192 valence electrons. The largest absolute Gasteiger partial charge is 0.494 e.